The summed E-state index contributed by atoms with van der Waals surface area (Å²) in [6.45, 7) is 0.0851. The normalized spacial score (nSPS) is 10.3. The van der Waals surface area contributed by atoms with Crippen molar-refractivity contribution in [2.24, 2.45) is 0 Å². The lowest BCUT2D eigenvalue weighted by Crippen LogP contribution is -2.10. The molecule has 0 spiro atoms. The third-order valence-electron chi connectivity index (χ3n) is 4.31. The fraction of sp³-hybridized carbons (Fsp3) is 0.167. The van der Waals surface area contributed by atoms with Gasteiger partial charge in [0.2, 0.25) is 0 Å². The van der Waals surface area contributed by atoms with E-state index in [9.17, 15) is 9.59 Å². The predicted molar refractivity (Wildman–Crippen MR) is 112 cm³/mol. The summed E-state index contributed by atoms with van der Waals surface area (Å²) in [5.41, 5.74) is 0.719. The van der Waals surface area contributed by atoms with Gasteiger partial charge in [-0.25, -0.2) is 0 Å². The van der Waals surface area contributed by atoms with Crippen LogP contribution in [-0.2, 0) is 0 Å². The molecule has 6 heteroatoms. The maximum atomic E-state index is 12.7. The highest BCUT2D eigenvalue weighted by atomic mass is 16.5. The van der Waals surface area contributed by atoms with Crippen molar-refractivity contribution < 1.29 is 28.9 Å². The van der Waals surface area contributed by atoms with Crippen LogP contribution in [0.5, 0.6) is 23.0 Å². The fourth-order valence-electron chi connectivity index (χ4n) is 2.83. The van der Waals surface area contributed by atoms with Gasteiger partial charge in [0.1, 0.15) is 29.6 Å². The molecule has 6 nitrogen and oxygen atoms in total. The largest absolute Gasteiger partial charge is 0.496 e. The number of Topliss-reactive ketones (excluding diaryl/α,β-unsaturated/α-hetero) is 2. The van der Waals surface area contributed by atoms with Crippen LogP contribution >= 0.6 is 0 Å². The van der Waals surface area contributed by atoms with Crippen LogP contribution in [0.15, 0.2) is 72.8 Å². The van der Waals surface area contributed by atoms with Gasteiger partial charge in [-0.05, 0) is 48.5 Å². The van der Waals surface area contributed by atoms with Gasteiger partial charge >= 0.3 is 0 Å². The molecular weight excluding hydrogens is 384 g/mol. The van der Waals surface area contributed by atoms with E-state index in [0.717, 1.165) is 0 Å². The number of carbonyl (C=O) groups excluding carboxylic acids is 2. The SMILES string of the molecule is COc1cc(Oc2ccccc2)ccc1C(=O)CC(=O)c1ccc(OCCO)cc1. The number of ether oxygens (including phenoxy) is 3. The van der Waals surface area contributed by atoms with Crippen LogP contribution < -0.4 is 14.2 Å². The first-order valence-electron chi connectivity index (χ1n) is 9.42. The van der Waals surface area contributed by atoms with E-state index in [0.29, 0.717) is 34.1 Å². The molecule has 0 aliphatic carbocycles. The first-order valence-corrected chi connectivity index (χ1v) is 9.42. The summed E-state index contributed by atoms with van der Waals surface area (Å²) in [5, 5.41) is 8.78. The van der Waals surface area contributed by atoms with Crippen molar-refractivity contribution in [3.05, 3.63) is 83.9 Å². The van der Waals surface area contributed by atoms with Crippen LogP contribution in [0.1, 0.15) is 27.1 Å². The molecular formula is C24H22O6. The molecule has 0 heterocycles. The number of rotatable bonds is 10. The van der Waals surface area contributed by atoms with Crippen molar-refractivity contribution in [2.45, 2.75) is 6.42 Å². The smallest absolute Gasteiger partial charge is 0.174 e. The molecule has 0 atom stereocenters. The number of aliphatic hydroxyl groups excluding tert-OH is 1. The van der Waals surface area contributed by atoms with Gasteiger partial charge in [-0.1, -0.05) is 18.2 Å². The molecule has 0 aliphatic rings. The monoisotopic (exact) mass is 406 g/mol. The van der Waals surface area contributed by atoms with Crippen LogP contribution in [0.4, 0.5) is 0 Å². The van der Waals surface area contributed by atoms with Crippen molar-refractivity contribution in [2.75, 3.05) is 20.3 Å². The second-order valence-electron chi connectivity index (χ2n) is 6.40. The number of benzene rings is 3. The van der Waals surface area contributed by atoms with E-state index in [1.54, 1.807) is 42.5 Å². The van der Waals surface area contributed by atoms with Gasteiger partial charge in [-0.3, -0.25) is 9.59 Å². The molecule has 0 saturated carbocycles. The second-order valence-corrected chi connectivity index (χ2v) is 6.40. The molecule has 3 aromatic rings. The molecule has 1 N–H and O–H groups in total. The molecule has 0 aromatic heterocycles. The lowest BCUT2D eigenvalue weighted by atomic mass is 10.0. The van der Waals surface area contributed by atoms with E-state index in [4.69, 9.17) is 19.3 Å². The highest BCUT2D eigenvalue weighted by Crippen LogP contribution is 2.29. The molecule has 0 fully saturated rings. The Bertz CT molecular complexity index is 996. The summed E-state index contributed by atoms with van der Waals surface area (Å²) < 4.78 is 16.4. The maximum Gasteiger partial charge on any atom is 0.174 e. The Morgan fingerprint density at radius 1 is 0.833 bits per heavy atom. The van der Waals surface area contributed by atoms with E-state index >= 15 is 0 Å². The quantitative estimate of drug-likeness (QED) is 0.399. The number of methoxy groups -OCH3 is 1. The zero-order valence-electron chi connectivity index (χ0n) is 16.5. The first-order chi connectivity index (χ1) is 14.6. The molecule has 30 heavy (non-hydrogen) atoms. The number of aliphatic hydroxyl groups is 1. The van der Waals surface area contributed by atoms with Crippen molar-refractivity contribution in [1.82, 2.24) is 0 Å². The second kappa shape index (κ2) is 10.2. The number of para-hydroxylation sites is 1. The Hall–Kier alpha value is -3.64. The summed E-state index contributed by atoms with van der Waals surface area (Å²) in [4.78, 5) is 25.2. The van der Waals surface area contributed by atoms with E-state index < -0.39 is 0 Å². The summed E-state index contributed by atoms with van der Waals surface area (Å²) in [6, 6.07) is 20.6. The van der Waals surface area contributed by atoms with E-state index in [2.05, 4.69) is 0 Å². The van der Waals surface area contributed by atoms with Gasteiger partial charge in [-0.2, -0.15) is 0 Å². The molecule has 3 aromatic carbocycles. The fourth-order valence-corrected chi connectivity index (χ4v) is 2.83. The van der Waals surface area contributed by atoms with Crippen LogP contribution in [0, 0.1) is 0 Å². The van der Waals surface area contributed by atoms with Crippen molar-refractivity contribution in [3.63, 3.8) is 0 Å². The molecule has 0 aliphatic heterocycles. The molecule has 0 bridgehead atoms. The highest BCUT2D eigenvalue weighted by molar-refractivity contribution is 6.14. The minimum absolute atomic E-state index is 0.0911. The summed E-state index contributed by atoms with van der Waals surface area (Å²) >= 11 is 0. The van der Waals surface area contributed by atoms with Gasteiger partial charge in [0.25, 0.3) is 0 Å². The Balaban J connectivity index is 1.69. The minimum atomic E-state index is -0.344. The number of ketones is 2. The van der Waals surface area contributed by atoms with Crippen LogP contribution in [0.2, 0.25) is 0 Å². The van der Waals surface area contributed by atoms with Gasteiger partial charge in [-0.15, -0.1) is 0 Å². The third-order valence-corrected chi connectivity index (χ3v) is 4.31. The Morgan fingerprint density at radius 2 is 1.53 bits per heavy atom. The standard InChI is InChI=1S/C24H22O6/c1-28-24-15-20(30-19-5-3-2-4-6-19)11-12-21(24)23(27)16-22(26)17-7-9-18(10-8-17)29-14-13-25/h2-12,15,25H,13-14,16H2,1H3. The summed E-state index contributed by atoms with van der Waals surface area (Å²) in [5.74, 6) is 1.43. The number of hydrogen-bond acceptors (Lipinski definition) is 6. The zero-order chi connectivity index (χ0) is 21.3. The van der Waals surface area contributed by atoms with Crippen LogP contribution in [-0.4, -0.2) is 37.0 Å². The lowest BCUT2D eigenvalue weighted by Gasteiger charge is -2.11. The topological polar surface area (TPSA) is 82.1 Å². The van der Waals surface area contributed by atoms with Crippen molar-refractivity contribution in [1.29, 1.82) is 0 Å². The Morgan fingerprint density at radius 3 is 2.20 bits per heavy atom. The molecule has 0 radical (unpaired) electrons. The van der Waals surface area contributed by atoms with Gasteiger partial charge in [0.15, 0.2) is 11.6 Å². The molecule has 0 unspecified atom stereocenters. The van der Waals surface area contributed by atoms with E-state index in [1.807, 2.05) is 30.3 Å². The van der Waals surface area contributed by atoms with E-state index in [1.165, 1.54) is 7.11 Å². The average Bonchev–Trinajstić information content (AvgIpc) is 2.78. The van der Waals surface area contributed by atoms with Gasteiger partial charge in [0, 0.05) is 11.6 Å². The Kier molecular flexibility index (Phi) is 7.19. The lowest BCUT2D eigenvalue weighted by molar-refractivity contribution is 0.0892. The number of hydrogen-bond donors (Lipinski definition) is 1. The number of carbonyl (C=O) groups is 2. The highest BCUT2D eigenvalue weighted by Gasteiger charge is 2.18. The van der Waals surface area contributed by atoms with E-state index in [-0.39, 0.29) is 31.2 Å². The maximum absolute atomic E-state index is 12.7. The van der Waals surface area contributed by atoms with Crippen molar-refractivity contribution >= 4 is 11.6 Å². The molecule has 3 rings (SSSR count). The molecule has 154 valence electrons. The molecule has 0 amide bonds. The van der Waals surface area contributed by atoms with Gasteiger partial charge in [0.05, 0.1) is 25.7 Å². The average molecular weight is 406 g/mol. The minimum Gasteiger partial charge on any atom is -0.496 e. The third kappa shape index (κ3) is 5.46. The first kappa shape index (κ1) is 21.1. The molecule has 0 saturated heterocycles. The zero-order valence-corrected chi connectivity index (χ0v) is 16.5. The van der Waals surface area contributed by atoms with Gasteiger partial charge < -0.3 is 19.3 Å². The Labute approximate surface area is 174 Å². The predicted octanol–water partition coefficient (Wildman–Crippen LogP) is 4.31. The van der Waals surface area contributed by atoms with Crippen LogP contribution in [0.3, 0.4) is 0 Å². The summed E-state index contributed by atoms with van der Waals surface area (Å²) in [6.07, 6.45) is -0.286. The summed E-state index contributed by atoms with van der Waals surface area (Å²) in [7, 11) is 1.46. The van der Waals surface area contributed by atoms with Crippen molar-refractivity contribution in [3.8, 4) is 23.0 Å². The van der Waals surface area contributed by atoms with Crippen LogP contribution in [0.25, 0.3) is 0 Å².